The van der Waals surface area contributed by atoms with Gasteiger partial charge < -0.3 is 14.4 Å². The van der Waals surface area contributed by atoms with Crippen LogP contribution in [-0.2, 0) is 37.1 Å². The van der Waals surface area contributed by atoms with E-state index in [0.29, 0.717) is 5.06 Å². The molecule has 0 radical (unpaired) electrons. The maximum Gasteiger partial charge on any atom is 0.534 e. The lowest BCUT2D eigenvalue weighted by Gasteiger charge is -2.36. The molecule has 9 heteroatoms. The molecule has 172 valence electrons. The van der Waals surface area contributed by atoms with Crippen molar-refractivity contribution in [3.05, 3.63) is 71.8 Å². The largest absolute Gasteiger partial charge is 0.534 e. The number of benzene rings is 2. The number of carbonyl (C=O) groups is 4. The number of ether oxygens (including phenoxy) is 2. The molecule has 3 amide bonds. The van der Waals surface area contributed by atoms with E-state index in [0.717, 1.165) is 11.1 Å². The molecular formula is C24H24N2O7. The number of likely N-dealkylation sites (tertiary alicyclic amines) is 1. The Bertz CT molecular complexity index is 1020. The van der Waals surface area contributed by atoms with Gasteiger partial charge in [-0.1, -0.05) is 65.7 Å². The first kappa shape index (κ1) is 22.3. The summed E-state index contributed by atoms with van der Waals surface area (Å²) in [6.45, 7) is 0.643. The molecule has 0 N–H and O–H groups in total. The molecule has 2 aliphatic heterocycles. The number of imide groups is 1. The van der Waals surface area contributed by atoms with Crippen molar-refractivity contribution in [3.63, 3.8) is 0 Å². The maximum absolute atomic E-state index is 12.9. The van der Waals surface area contributed by atoms with Gasteiger partial charge in [-0.2, -0.15) is 0 Å². The van der Waals surface area contributed by atoms with Crippen LogP contribution >= 0.6 is 0 Å². The van der Waals surface area contributed by atoms with Crippen molar-refractivity contribution in [3.8, 4) is 0 Å². The summed E-state index contributed by atoms with van der Waals surface area (Å²) in [4.78, 5) is 56.1. The van der Waals surface area contributed by atoms with Crippen molar-refractivity contribution in [2.24, 2.45) is 5.41 Å². The summed E-state index contributed by atoms with van der Waals surface area (Å²) in [7, 11) is 0. The Balaban J connectivity index is 1.27. The summed E-state index contributed by atoms with van der Waals surface area (Å²) in [5.74, 6) is -1.18. The lowest BCUT2D eigenvalue weighted by Crippen LogP contribution is -2.47. The van der Waals surface area contributed by atoms with Gasteiger partial charge in [0.2, 0.25) is 0 Å². The van der Waals surface area contributed by atoms with Gasteiger partial charge in [0.15, 0.2) is 0 Å². The van der Waals surface area contributed by atoms with Crippen LogP contribution in [0, 0.1) is 5.41 Å². The summed E-state index contributed by atoms with van der Waals surface area (Å²) < 4.78 is 10.3. The van der Waals surface area contributed by atoms with Gasteiger partial charge in [0, 0.05) is 19.5 Å². The molecular weight excluding hydrogens is 428 g/mol. The number of hydrogen-bond donors (Lipinski definition) is 0. The molecule has 0 aliphatic carbocycles. The third-order valence-corrected chi connectivity index (χ3v) is 5.90. The zero-order valence-corrected chi connectivity index (χ0v) is 18.0. The molecule has 2 fully saturated rings. The van der Waals surface area contributed by atoms with Crippen LogP contribution in [-0.4, -0.2) is 47.1 Å². The highest BCUT2D eigenvalue weighted by Crippen LogP contribution is 2.42. The minimum atomic E-state index is -1.13. The van der Waals surface area contributed by atoms with Crippen LogP contribution in [0.4, 0.5) is 9.59 Å². The summed E-state index contributed by atoms with van der Waals surface area (Å²) >= 11 is 0. The fraction of sp³-hybridized carbons (Fsp3) is 0.333. The molecule has 2 heterocycles. The standard InChI is InChI=1S/C24H24N2O7/c27-20-15-24(21(28)26(20)33-23(30)32-17-19-9-5-2-6-10-19)11-13-25(14-12-24)22(29)31-16-18-7-3-1-4-8-18/h1-10H,11-17H2. The Morgan fingerprint density at radius 1 is 0.818 bits per heavy atom. The van der Waals surface area contributed by atoms with Crippen LogP contribution in [0.2, 0.25) is 0 Å². The van der Waals surface area contributed by atoms with Crippen molar-refractivity contribution in [1.82, 2.24) is 9.96 Å². The first-order chi connectivity index (χ1) is 16.0. The minimum absolute atomic E-state index is 0.0406. The van der Waals surface area contributed by atoms with E-state index in [1.165, 1.54) is 4.90 Å². The first-order valence-corrected chi connectivity index (χ1v) is 10.7. The topological polar surface area (TPSA) is 102 Å². The van der Waals surface area contributed by atoms with Gasteiger partial charge in [0.25, 0.3) is 11.8 Å². The molecule has 33 heavy (non-hydrogen) atoms. The average Bonchev–Trinajstić information content (AvgIpc) is 3.07. The van der Waals surface area contributed by atoms with Crippen molar-refractivity contribution in [2.45, 2.75) is 32.5 Å². The third kappa shape index (κ3) is 5.14. The highest BCUT2D eigenvalue weighted by Gasteiger charge is 2.55. The quantitative estimate of drug-likeness (QED) is 0.506. The lowest BCUT2D eigenvalue weighted by molar-refractivity contribution is -0.181. The zero-order valence-electron chi connectivity index (χ0n) is 18.0. The van der Waals surface area contributed by atoms with Crippen molar-refractivity contribution >= 4 is 24.1 Å². The Hall–Kier alpha value is -3.88. The lowest BCUT2D eigenvalue weighted by atomic mass is 9.77. The Morgan fingerprint density at radius 2 is 1.36 bits per heavy atom. The number of amides is 3. The second kappa shape index (κ2) is 9.72. The Labute approximate surface area is 190 Å². The summed E-state index contributed by atoms with van der Waals surface area (Å²) in [5.41, 5.74) is 0.631. The molecule has 2 aliphatic rings. The van der Waals surface area contributed by atoms with Crippen molar-refractivity contribution < 1.29 is 33.5 Å². The van der Waals surface area contributed by atoms with Gasteiger partial charge in [-0.05, 0) is 24.0 Å². The number of nitrogens with zero attached hydrogens (tertiary/aromatic N) is 2. The minimum Gasteiger partial charge on any atom is -0.445 e. The SMILES string of the molecule is O=C(OCc1ccccc1)ON1C(=O)CC2(CCN(C(=O)OCc3ccccc3)CC2)C1=O. The smallest absolute Gasteiger partial charge is 0.445 e. The van der Waals surface area contributed by atoms with Gasteiger partial charge in [-0.25, -0.2) is 9.59 Å². The molecule has 4 rings (SSSR count). The predicted octanol–water partition coefficient (Wildman–Crippen LogP) is 3.43. The molecule has 0 bridgehead atoms. The van der Waals surface area contributed by atoms with Crippen molar-refractivity contribution in [1.29, 1.82) is 0 Å². The van der Waals surface area contributed by atoms with E-state index in [-0.39, 0.29) is 45.6 Å². The molecule has 0 saturated carbocycles. The number of hydrogen-bond acceptors (Lipinski definition) is 7. The van der Waals surface area contributed by atoms with Crippen molar-refractivity contribution in [2.75, 3.05) is 13.1 Å². The molecule has 0 aromatic heterocycles. The number of hydroxylamine groups is 2. The predicted molar refractivity (Wildman–Crippen MR) is 114 cm³/mol. The van der Waals surface area contributed by atoms with Crippen LogP contribution in [0.3, 0.4) is 0 Å². The zero-order chi connectivity index (χ0) is 23.3. The average molecular weight is 452 g/mol. The molecule has 9 nitrogen and oxygen atoms in total. The first-order valence-electron chi connectivity index (χ1n) is 10.7. The number of rotatable bonds is 5. The van der Waals surface area contributed by atoms with Gasteiger partial charge in [0.05, 0.1) is 5.41 Å². The van der Waals surface area contributed by atoms with Crippen LogP contribution in [0.25, 0.3) is 0 Å². The molecule has 1 spiro atoms. The Kier molecular flexibility index (Phi) is 6.58. The normalized spacial score (nSPS) is 17.2. The van der Waals surface area contributed by atoms with E-state index in [9.17, 15) is 19.2 Å². The summed E-state index contributed by atoms with van der Waals surface area (Å²) in [6.07, 6.45) is -1.12. The van der Waals surface area contributed by atoms with E-state index in [1.807, 2.05) is 36.4 Å². The van der Waals surface area contributed by atoms with E-state index >= 15 is 0 Å². The van der Waals surface area contributed by atoms with E-state index in [1.54, 1.807) is 24.3 Å². The van der Waals surface area contributed by atoms with Gasteiger partial charge in [0.1, 0.15) is 13.2 Å². The summed E-state index contributed by atoms with van der Waals surface area (Å²) in [5, 5.41) is 0.497. The number of carbonyl (C=O) groups excluding carboxylic acids is 4. The molecule has 2 aromatic carbocycles. The van der Waals surface area contributed by atoms with Crippen LogP contribution < -0.4 is 0 Å². The monoisotopic (exact) mass is 452 g/mol. The summed E-state index contributed by atoms with van der Waals surface area (Å²) in [6, 6.07) is 18.3. The molecule has 2 aromatic rings. The fourth-order valence-corrected chi connectivity index (χ4v) is 3.99. The number of piperidine rings is 1. The molecule has 2 saturated heterocycles. The third-order valence-electron chi connectivity index (χ3n) is 5.90. The second-order valence-corrected chi connectivity index (χ2v) is 8.09. The molecule has 0 unspecified atom stereocenters. The van der Waals surface area contributed by atoms with E-state index in [4.69, 9.17) is 14.3 Å². The van der Waals surface area contributed by atoms with Crippen LogP contribution in [0.15, 0.2) is 60.7 Å². The second-order valence-electron chi connectivity index (χ2n) is 8.09. The molecule has 0 atom stereocenters. The van der Waals surface area contributed by atoms with Gasteiger partial charge in [-0.3, -0.25) is 14.4 Å². The highest BCUT2D eigenvalue weighted by atomic mass is 16.8. The van der Waals surface area contributed by atoms with E-state index < -0.39 is 29.5 Å². The fourth-order valence-electron chi connectivity index (χ4n) is 3.99. The highest BCUT2D eigenvalue weighted by molar-refractivity contribution is 6.05. The Morgan fingerprint density at radius 3 is 1.94 bits per heavy atom. The van der Waals surface area contributed by atoms with Crippen LogP contribution in [0.5, 0.6) is 0 Å². The van der Waals surface area contributed by atoms with E-state index in [2.05, 4.69) is 0 Å². The van der Waals surface area contributed by atoms with Gasteiger partial charge in [-0.15, -0.1) is 0 Å². The maximum atomic E-state index is 12.9. The van der Waals surface area contributed by atoms with Gasteiger partial charge >= 0.3 is 12.2 Å². The van der Waals surface area contributed by atoms with Crippen LogP contribution in [0.1, 0.15) is 30.4 Å².